The van der Waals surface area contributed by atoms with Crippen LogP contribution in [0.2, 0.25) is 0 Å². The van der Waals surface area contributed by atoms with Crippen LogP contribution in [0.1, 0.15) is 19.3 Å². The van der Waals surface area contributed by atoms with E-state index in [2.05, 4.69) is 14.9 Å². The molecular formula is C15H20N4O2. The molecule has 4 rings (SSSR count). The van der Waals surface area contributed by atoms with Gasteiger partial charge in [0.2, 0.25) is 5.91 Å². The molecule has 6 nitrogen and oxygen atoms in total. The van der Waals surface area contributed by atoms with E-state index in [4.69, 9.17) is 4.74 Å². The third-order valence-electron chi connectivity index (χ3n) is 4.66. The van der Waals surface area contributed by atoms with Crippen LogP contribution in [0.3, 0.4) is 0 Å². The number of carbonyl (C=O) groups is 1. The molecule has 21 heavy (non-hydrogen) atoms. The first kappa shape index (κ1) is 13.0. The Labute approximate surface area is 124 Å². The first-order valence-corrected chi connectivity index (χ1v) is 7.73. The number of amides is 1. The van der Waals surface area contributed by atoms with E-state index in [1.165, 1.54) is 12.8 Å². The van der Waals surface area contributed by atoms with E-state index in [1.807, 2.05) is 4.90 Å². The summed E-state index contributed by atoms with van der Waals surface area (Å²) >= 11 is 0. The maximum Gasteiger partial charge on any atom is 0.223 e. The molecule has 3 heterocycles. The van der Waals surface area contributed by atoms with E-state index in [-0.39, 0.29) is 18.1 Å². The fourth-order valence-corrected chi connectivity index (χ4v) is 3.31. The van der Waals surface area contributed by atoms with Gasteiger partial charge in [-0.3, -0.25) is 9.78 Å². The molecule has 3 fully saturated rings. The second-order valence-corrected chi connectivity index (χ2v) is 6.18. The lowest BCUT2D eigenvalue weighted by Crippen LogP contribution is -2.51. The molecule has 1 amide bonds. The lowest BCUT2D eigenvalue weighted by atomic mass is 10.1. The summed E-state index contributed by atoms with van der Waals surface area (Å²) in [5.41, 5.74) is 0. The minimum Gasteiger partial charge on any atom is -0.372 e. The molecule has 6 heteroatoms. The van der Waals surface area contributed by atoms with Gasteiger partial charge >= 0.3 is 0 Å². The number of carbonyl (C=O) groups excluding carboxylic acids is 1. The van der Waals surface area contributed by atoms with E-state index >= 15 is 0 Å². The van der Waals surface area contributed by atoms with Gasteiger partial charge in [0.15, 0.2) is 0 Å². The molecule has 0 radical (unpaired) electrons. The summed E-state index contributed by atoms with van der Waals surface area (Å²) in [5.74, 6) is 1.80. The summed E-state index contributed by atoms with van der Waals surface area (Å²) in [4.78, 5) is 25.1. The Morgan fingerprint density at radius 1 is 1.33 bits per heavy atom. The molecule has 2 atom stereocenters. The number of hydrogen-bond donors (Lipinski definition) is 0. The topological polar surface area (TPSA) is 58.6 Å². The second kappa shape index (κ2) is 5.26. The summed E-state index contributed by atoms with van der Waals surface area (Å²) in [6, 6.07) is 0.207. The summed E-state index contributed by atoms with van der Waals surface area (Å²) in [6.07, 6.45) is 8.43. The fourth-order valence-electron chi connectivity index (χ4n) is 3.31. The van der Waals surface area contributed by atoms with Crippen LogP contribution in [0.4, 0.5) is 5.82 Å². The van der Waals surface area contributed by atoms with E-state index < -0.39 is 0 Å². The normalized spacial score (nSPS) is 28.6. The number of morpholine rings is 1. The predicted molar refractivity (Wildman–Crippen MR) is 76.8 cm³/mol. The van der Waals surface area contributed by atoms with Crippen LogP contribution in [0.25, 0.3) is 0 Å². The van der Waals surface area contributed by atoms with Crippen molar-refractivity contribution in [1.29, 1.82) is 0 Å². The molecule has 0 spiro atoms. The Bertz CT molecular complexity index is 520. The van der Waals surface area contributed by atoms with Gasteiger partial charge in [-0.25, -0.2) is 4.98 Å². The SMILES string of the molecule is O=C(CC1CC1)N1C[C@@H]2OCCN(c3cnccn3)[C@@H]2C1. The summed E-state index contributed by atoms with van der Waals surface area (Å²) in [5, 5.41) is 0. The van der Waals surface area contributed by atoms with Crippen molar-refractivity contribution >= 4 is 11.7 Å². The van der Waals surface area contributed by atoms with Gasteiger partial charge < -0.3 is 14.5 Å². The quantitative estimate of drug-likeness (QED) is 0.819. The highest BCUT2D eigenvalue weighted by Gasteiger charge is 2.43. The molecule has 0 bridgehead atoms. The van der Waals surface area contributed by atoms with Crippen molar-refractivity contribution in [2.45, 2.75) is 31.4 Å². The number of ether oxygens (including phenoxy) is 1. The van der Waals surface area contributed by atoms with Crippen molar-refractivity contribution in [3.8, 4) is 0 Å². The zero-order chi connectivity index (χ0) is 14.2. The van der Waals surface area contributed by atoms with Crippen LogP contribution in [-0.4, -0.2) is 59.2 Å². The number of anilines is 1. The van der Waals surface area contributed by atoms with Gasteiger partial charge in [0.25, 0.3) is 0 Å². The molecular weight excluding hydrogens is 268 g/mol. The highest BCUT2D eigenvalue weighted by atomic mass is 16.5. The molecule has 2 aliphatic heterocycles. The van der Waals surface area contributed by atoms with E-state index in [0.29, 0.717) is 25.5 Å². The van der Waals surface area contributed by atoms with Crippen LogP contribution < -0.4 is 4.90 Å². The minimum atomic E-state index is 0.101. The van der Waals surface area contributed by atoms with Crippen LogP contribution in [-0.2, 0) is 9.53 Å². The zero-order valence-electron chi connectivity index (χ0n) is 12.0. The first-order valence-electron chi connectivity index (χ1n) is 7.73. The van der Waals surface area contributed by atoms with E-state index in [0.717, 1.165) is 18.9 Å². The largest absolute Gasteiger partial charge is 0.372 e. The highest BCUT2D eigenvalue weighted by Crippen LogP contribution is 2.34. The van der Waals surface area contributed by atoms with E-state index in [1.54, 1.807) is 18.6 Å². The van der Waals surface area contributed by atoms with E-state index in [9.17, 15) is 4.79 Å². The number of fused-ring (bicyclic) bond motifs is 1. The lowest BCUT2D eigenvalue weighted by molar-refractivity contribution is -0.131. The second-order valence-electron chi connectivity index (χ2n) is 6.18. The zero-order valence-corrected chi connectivity index (χ0v) is 12.0. The number of aromatic nitrogens is 2. The van der Waals surface area contributed by atoms with Crippen molar-refractivity contribution in [2.24, 2.45) is 5.92 Å². The van der Waals surface area contributed by atoms with Crippen LogP contribution in [0.15, 0.2) is 18.6 Å². The Kier molecular flexibility index (Phi) is 3.25. The molecule has 112 valence electrons. The molecule has 1 aromatic rings. The number of hydrogen-bond acceptors (Lipinski definition) is 5. The monoisotopic (exact) mass is 288 g/mol. The van der Waals surface area contributed by atoms with Gasteiger partial charge in [-0.1, -0.05) is 0 Å². The molecule has 0 unspecified atom stereocenters. The molecule has 0 N–H and O–H groups in total. The maximum absolute atomic E-state index is 12.3. The average molecular weight is 288 g/mol. The molecule has 1 saturated carbocycles. The Hall–Kier alpha value is -1.69. The van der Waals surface area contributed by atoms with Crippen LogP contribution >= 0.6 is 0 Å². The van der Waals surface area contributed by atoms with Crippen molar-refractivity contribution in [1.82, 2.24) is 14.9 Å². The smallest absolute Gasteiger partial charge is 0.223 e. The van der Waals surface area contributed by atoms with Gasteiger partial charge in [-0.15, -0.1) is 0 Å². The van der Waals surface area contributed by atoms with Crippen molar-refractivity contribution in [2.75, 3.05) is 31.1 Å². The van der Waals surface area contributed by atoms with Gasteiger partial charge in [-0.2, -0.15) is 0 Å². The molecule has 2 saturated heterocycles. The van der Waals surface area contributed by atoms with Gasteiger partial charge in [0.05, 0.1) is 24.9 Å². The van der Waals surface area contributed by atoms with Gasteiger partial charge in [0, 0.05) is 38.4 Å². The van der Waals surface area contributed by atoms with Crippen molar-refractivity contribution in [3.63, 3.8) is 0 Å². The van der Waals surface area contributed by atoms with Crippen LogP contribution in [0, 0.1) is 5.92 Å². The highest BCUT2D eigenvalue weighted by molar-refractivity contribution is 5.77. The fraction of sp³-hybridized carbons (Fsp3) is 0.667. The minimum absolute atomic E-state index is 0.101. The summed E-state index contributed by atoms with van der Waals surface area (Å²) in [7, 11) is 0. The Balaban J connectivity index is 1.48. The third kappa shape index (κ3) is 2.60. The standard InChI is InChI=1S/C15H20N4O2/c20-15(7-11-1-2-11)18-9-12-13(10-18)21-6-5-19(12)14-8-16-3-4-17-14/h3-4,8,11-13H,1-2,5-7,9-10H2/t12-,13+/m1/s1. The van der Waals surface area contributed by atoms with Gasteiger partial charge in [-0.05, 0) is 18.8 Å². The van der Waals surface area contributed by atoms with Crippen molar-refractivity contribution < 1.29 is 9.53 Å². The number of rotatable bonds is 3. The van der Waals surface area contributed by atoms with Gasteiger partial charge in [0.1, 0.15) is 5.82 Å². The summed E-state index contributed by atoms with van der Waals surface area (Å²) < 4.78 is 5.87. The molecule has 1 aliphatic carbocycles. The average Bonchev–Trinajstić information content (AvgIpc) is 3.22. The third-order valence-corrected chi connectivity index (χ3v) is 4.66. The Morgan fingerprint density at radius 3 is 3.00 bits per heavy atom. The maximum atomic E-state index is 12.3. The van der Waals surface area contributed by atoms with Crippen LogP contribution in [0.5, 0.6) is 0 Å². The molecule has 3 aliphatic rings. The number of nitrogens with zero attached hydrogens (tertiary/aromatic N) is 4. The number of likely N-dealkylation sites (tertiary alicyclic amines) is 1. The first-order chi connectivity index (χ1) is 10.3. The lowest BCUT2D eigenvalue weighted by Gasteiger charge is -2.37. The summed E-state index contributed by atoms with van der Waals surface area (Å²) in [6.45, 7) is 2.95. The predicted octanol–water partition coefficient (Wildman–Crippen LogP) is 0.693. The molecule has 0 aromatic carbocycles. The van der Waals surface area contributed by atoms with Crippen molar-refractivity contribution in [3.05, 3.63) is 18.6 Å². The molecule has 1 aromatic heterocycles. The Morgan fingerprint density at radius 2 is 2.24 bits per heavy atom.